The highest BCUT2D eigenvalue weighted by Crippen LogP contribution is 2.26. The van der Waals surface area contributed by atoms with Crippen molar-refractivity contribution in [2.24, 2.45) is 0 Å². The number of aromatic hydroxyl groups is 1. The summed E-state index contributed by atoms with van der Waals surface area (Å²) in [6.07, 6.45) is 0. The third kappa shape index (κ3) is 3.25. The third-order valence-electron chi connectivity index (χ3n) is 2.46. The van der Waals surface area contributed by atoms with Crippen molar-refractivity contribution in [3.63, 3.8) is 0 Å². The van der Waals surface area contributed by atoms with Gasteiger partial charge in [0.2, 0.25) is 5.89 Å². The summed E-state index contributed by atoms with van der Waals surface area (Å²) in [4.78, 5) is 13.2. The SMILES string of the molecule is CCN(C)C(=O)Sc1nnc(-c2cccc(O)c2)o1. The smallest absolute Gasteiger partial charge is 0.290 e. The van der Waals surface area contributed by atoms with Gasteiger partial charge in [-0.15, -0.1) is 10.2 Å². The van der Waals surface area contributed by atoms with Crippen LogP contribution in [0, 0.1) is 0 Å². The summed E-state index contributed by atoms with van der Waals surface area (Å²) in [7, 11) is 1.70. The predicted octanol–water partition coefficient (Wildman–Crippen LogP) is 2.61. The first-order valence-corrected chi connectivity index (χ1v) is 6.47. The van der Waals surface area contributed by atoms with Gasteiger partial charge < -0.3 is 14.4 Å². The normalized spacial score (nSPS) is 10.4. The van der Waals surface area contributed by atoms with E-state index in [0.717, 1.165) is 11.8 Å². The number of phenols is 1. The minimum Gasteiger partial charge on any atom is -0.508 e. The number of nitrogens with zero attached hydrogens (tertiary/aromatic N) is 3. The maximum atomic E-state index is 11.7. The van der Waals surface area contributed by atoms with E-state index in [1.54, 1.807) is 30.1 Å². The molecule has 2 rings (SSSR count). The number of carbonyl (C=O) groups is 1. The van der Waals surface area contributed by atoms with Crippen molar-refractivity contribution in [1.82, 2.24) is 15.1 Å². The van der Waals surface area contributed by atoms with Crippen LogP contribution in [0.3, 0.4) is 0 Å². The Morgan fingerprint density at radius 3 is 2.95 bits per heavy atom. The molecule has 0 spiro atoms. The minimum absolute atomic E-state index is 0.117. The largest absolute Gasteiger partial charge is 0.508 e. The second-order valence-corrected chi connectivity index (χ2v) is 4.71. The van der Waals surface area contributed by atoms with Gasteiger partial charge in [-0.05, 0) is 25.1 Å². The number of thioether (sulfide) groups is 1. The van der Waals surface area contributed by atoms with Crippen molar-refractivity contribution < 1.29 is 14.3 Å². The van der Waals surface area contributed by atoms with Crippen molar-refractivity contribution in [1.29, 1.82) is 0 Å². The molecule has 1 heterocycles. The van der Waals surface area contributed by atoms with Crippen LogP contribution < -0.4 is 0 Å². The van der Waals surface area contributed by atoms with Crippen molar-refractivity contribution >= 4 is 17.0 Å². The molecule has 100 valence electrons. The number of amides is 1. The summed E-state index contributed by atoms with van der Waals surface area (Å²) in [6.45, 7) is 2.49. The fraction of sp³-hybridized carbons (Fsp3) is 0.250. The molecule has 0 radical (unpaired) electrons. The molecule has 0 aliphatic rings. The van der Waals surface area contributed by atoms with E-state index < -0.39 is 0 Å². The first kappa shape index (κ1) is 13.4. The summed E-state index contributed by atoms with van der Waals surface area (Å²) in [5.41, 5.74) is 0.607. The molecule has 1 N–H and O–H groups in total. The lowest BCUT2D eigenvalue weighted by atomic mass is 10.2. The van der Waals surface area contributed by atoms with Crippen LogP contribution >= 0.6 is 11.8 Å². The summed E-state index contributed by atoms with van der Waals surface area (Å²) in [5, 5.41) is 17.0. The van der Waals surface area contributed by atoms with Crippen LogP contribution in [0.1, 0.15) is 6.92 Å². The molecule has 0 unspecified atom stereocenters. The molecule has 0 atom stereocenters. The number of phenolic OH excluding ortho intramolecular Hbond substituents is 1. The second-order valence-electron chi connectivity index (χ2n) is 3.81. The van der Waals surface area contributed by atoms with E-state index in [9.17, 15) is 9.90 Å². The highest BCUT2D eigenvalue weighted by atomic mass is 32.2. The van der Waals surface area contributed by atoms with Crippen LogP contribution in [-0.2, 0) is 0 Å². The molecule has 0 fully saturated rings. The van der Waals surface area contributed by atoms with Gasteiger partial charge in [-0.25, -0.2) is 0 Å². The first-order chi connectivity index (χ1) is 9.10. The molecule has 1 aromatic heterocycles. The maximum Gasteiger partial charge on any atom is 0.290 e. The summed E-state index contributed by atoms with van der Waals surface area (Å²) < 4.78 is 5.37. The Hall–Kier alpha value is -2.02. The Kier molecular flexibility index (Phi) is 4.06. The van der Waals surface area contributed by atoms with E-state index in [-0.39, 0.29) is 22.1 Å². The standard InChI is InChI=1S/C12H13N3O3S/c1-3-15(2)12(17)19-11-14-13-10(18-11)8-5-4-6-9(16)7-8/h4-7,16H,3H2,1-2H3. The predicted molar refractivity (Wildman–Crippen MR) is 71.0 cm³/mol. The maximum absolute atomic E-state index is 11.7. The second kappa shape index (κ2) is 5.75. The van der Waals surface area contributed by atoms with Crippen molar-refractivity contribution in [2.45, 2.75) is 12.1 Å². The first-order valence-electron chi connectivity index (χ1n) is 5.66. The van der Waals surface area contributed by atoms with Crippen molar-refractivity contribution in [3.05, 3.63) is 24.3 Å². The van der Waals surface area contributed by atoms with E-state index in [1.165, 1.54) is 6.07 Å². The molecular weight excluding hydrogens is 266 g/mol. The van der Waals surface area contributed by atoms with Gasteiger partial charge in [0.1, 0.15) is 5.75 Å². The monoisotopic (exact) mass is 279 g/mol. The van der Waals surface area contributed by atoms with Crippen molar-refractivity contribution in [3.8, 4) is 17.2 Å². The highest BCUT2D eigenvalue weighted by molar-refractivity contribution is 8.13. The van der Waals surface area contributed by atoms with Gasteiger partial charge in [0.25, 0.3) is 10.5 Å². The summed E-state index contributed by atoms with van der Waals surface area (Å²) in [5.74, 6) is 0.386. The molecule has 7 heteroatoms. The highest BCUT2D eigenvalue weighted by Gasteiger charge is 2.15. The average Bonchev–Trinajstić information content (AvgIpc) is 2.86. The van der Waals surface area contributed by atoms with Crippen LogP contribution in [0.25, 0.3) is 11.5 Å². The fourth-order valence-electron chi connectivity index (χ4n) is 1.29. The van der Waals surface area contributed by atoms with Crippen LogP contribution in [0.2, 0.25) is 0 Å². The lowest BCUT2D eigenvalue weighted by Gasteiger charge is -2.11. The number of carbonyl (C=O) groups excluding carboxylic acids is 1. The topological polar surface area (TPSA) is 79.5 Å². The number of aromatic nitrogens is 2. The van der Waals surface area contributed by atoms with Gasteiger partial charge in [0, 0.05) is 30.9 Å². The molecule has 0 saturated heterocycles. The third-order valence-corrected chi connectivity index (χ3v) is 3.29. The van der Waals surface area contributed by atoms with Crippen LogP contribution in [0.15, 0.2) is 33.9 Å². The average molecular weight is 279 g/mol. The fourth-order valence-corrected chi connectivity index (χ4v) is 1.92. The van der Waals surface area contributed by atoms with Gasteiger partial charge in [-0.1, -0.05) is 6.07 Å². The molecule has 0 aliphatic heterocycles. The number of hydrogen-bond acceptors (Lipinski definition) is 6. The molecule has 0 saturated carbocycles. The Morgan fingerprint density at radius 1 is 1.47 bits per heavy atom. The quantitative estimate of drug-likeness (QED) is 0.870. The number of benzene rings is 1. The van der Waals surface area contributed by atoms with E-state index in [4.69, 9.17) is 4.42 Å². The lowest BCUT2D eigenvalue weighted by Crippen LogP contribution is -2.21. The van der Waals surface area contributed by atoms with Gasteiger partial charge in [0.05, 0.1) is 0 Å². The Morgan fingerprint density at radius 2 is 2.26 bits per heavy atom. The Balaban J connectivity index is 2.13. The molecule has 0 bridgehead atoms. The Labute approximate surface area is 114 Å². The summed E-state index contributed by atoms with van der Waals surface area (Å²) >= 11 is 0.880. The van der Waals surface area contributed by atoms with Gasteiger partial charge in [-0.2, -0.15) is 0 Å². The van der Waals surface area contributed by atoms with E-state index in [1.807, 2.05) is 6.92 Å². The van der Waals surface area contributed by atoms with Gasteiger partial charge >= 0.3 is 0 Å². The van der Waals surface area contributed by atoms with Crippen LogP contribution in [0.4, 0.5) is 4.79 Å². The number of rotatable bonds is 3. The zero-order valence-electron chi connectivity index (χ0n) is 10.5. The van der Waals surface area contributed by atoms with E-state index in [0.29, 0.717) is 12.1 Å². The number of hydrogen-bond donors (Lipinski definition) is 1. The molecule has 19 heavy (non-hydrogen) atoms. The van der Waals surface area contributed by atoms with Crippen LogP contribution in [-0.4, -0.2) is 39.0 Å². The van der Waals surface area contributed by atoms with E-state index >= 15 is 0 Å². The molecule has 2 aromatic rings. The summed E-state index contributed by atoms with van der Waals surface area (Å²) in [6, 6.07) is 6.48. The molecule has 1 amide bonds. The molecule has 6 nitrogen and oxygen atoms in total. The van der Waals surface area contributed by atoms with E-state index in [2.05, 4.69) is 10.2 Å². The van der Waals surface area contributed by atoms with Gasteiger partial charge in [-0.3, -0.25) is 4.79 Å². The molecule has 0 aliphatic carbocycles. The van der Waals surface area contributed by atoms with Crippen LogP contribution in [0.5, 0.6) is 5.75 Å². The zero-order valence-corrected chi connectivity index (χ0v) is 11.3. The zero-order chi connectivity index (χ0) is 13.8. The Bertz CT molecular complexity index is 585. The lowest BCUT2D eigenvalue weighted by molar-refractivity contribution is 0.235. The minimum atomic E-state index is -0.159. The van der Waals surface area contributed by atoms with Gasteiger partial charge in [0.15, 0.2) is 0 Å². The molecular formula is C12H13N3O3S. The van der Waals surface area contributed by atoms with Crippen molar-refractivity contribution in [2.75, 3.05) is 13.6 Å². The molecule has 1 aromatic carbocycles.